The minimum absolute atomic E-state index is 0.0628. The van der Waals surface area contributed by atoms with Crippen molar-refractivity contribution in [3.63, 3.8) is 0 Å². The highest BCUT2D eigenvalue weighted by Gasteiger charge is 2.32. The number of carbonyl (C=O) groups excluding carboxylic acids is 1. The molecule has 0 bridgehead atoms. The molecule has 0 saturated carbocycles. The number of carbonyl (C=O) groups is 1. The fourth-order valence-corrected chi connectivity index (χ4v) is 3.56. The first kappa shape index (κ1) is 18.2. The molecule has 0 unspecified atom stereocenters. The van der Waals surface area contributed by atoms with Gasteiger partial charge in [-0.1, -0.05) is 12.1 Å². The molecule has 0 radical (unpaired) electrons. The fraction of sp³-hybridized carbons (Fsp3) is 0.333. The highest BCUT2D eigenvalue weighted by Crippen LogP contribution is 2.32. The zero-order chi connectivity index (χ0) is 19.3. The monoisotopic (exact) mass is 378 g/mol. The SMILES string of the molecule is COc1cccc(Cc2cnc([C@@H]3CCCCN3C(=O)c3ccnnc3)o2)c1. The predicted octanol–water partition coefficient (Wildman–Crippen LogP) is 3.43. The van der Waals surface area contributed by atoms with Crippen molar-refractivity contribution in [3.05, 3.63) is 71.7 Å². The van der Waals surface area contributed by atoms with Crippen molar-refractivity contribution in [2.75, 3.05) is 13.7 Å². The van der Waals surface area contributed by atoms with Gasteiger partial charge in [0.1, 0.15) is 17.6 Å². The Bertz CT molecular complexity index is 942. The normalized spacial score (nSPS) is 16.8. The van der Waals surface area contributed by atoms with Gasteiger partial charge in [0.2, 0.25) is 5.89 Å². The highest BCUT2D eigenvalue weighted by atomic mass is 16.5. The second-order valence-electron chi connectivity index (χ2n) is 6.83. The third kappa shape index (κ3) is 3.88. The van der Waals surface area contributed by atoms with E-state index < -0.39 is 0 Å². The van der Waals surface area contributed by atoms with E-state index in [1.807, 2.05) is 29.2 Å². The maximum atomic E-state index is 12.9. The molecule has 1 aromatic carbocycles. The predicted molar refractivity (Wildman–Crippen MR) is 102 cm³/mol. The number of oxazole rings is 1. The largest absolute Gasteiger partial charge is 0.497 e. The zero-order valence-electron chi connectivity index (χ0n) is 15.7. The summed E-state index contributed by atoms with van der Waals surface area (Å²) >= 11 is 0. The van der Waals surface area contributed by atoms with Crippen molar-refractivity contribution in [1.29, 1.82) is 0 Å². The first-order chi connectivity index (χ1) is 13.7. The van der Waals surface area contributed by atoms with Crippen molar-refractivity contribution < 1.29 is 13.9 Å². The van der Waals surface area contributed by atoms with Crippen molar-refractivity contribution >= 4 is 5.91 Å². The Balaban J connectivity index is 1.53. The van der Waals surface area contributed by atoms with Crippen LogP contribution in [0.2, 0.25) is 0 Å². The van der Waals surface area contributed by atoms with Crippen LogP contribution in [0.15, 0.2) is 53.3 Å². The van der Waals surface area contributed by atoms with Crippen molar-refractivity contribution in [2.45, 2.75) is 31.7 Å². The Kier molecular flexibility index (Phi) is 5.32. The Labute approximate surface area is 163 Å². The first-order valence-corrected chi connectivity index (χ1v) is 9.40. The molecule has 0 N–H and O–H groups in total. The maximum absolute atomic E-state index is 12.9. The topological polar surface area (TPSA) is 81.4 Å². The molecule has 0 aliphatic carbocycles. The number of hydrogen-bond acceptors (Lipinski definition) is 6. The highest BCUT2D eigenvalue weighted by molar-refractivity contribution is 5.94. The van der Waals surface area contributed by atoms with E-state index in [1.54, 1.807) is 19.4 Å². The van der Waals surface area contributed by atoms with Crippen LogP contribution in [0.3, 0.4) is 0 Å². The molecule has 3 aromatic rings. The van der Waals surface area contributed by atoms with Crippen LogP contribution >= 0.6 is 0 Å². The molecule has 7 nitrogen and oxygen atoms in total. The Morgan fingerprint density at radius 1 is 1.25 bits per heavy atom. The van der Waals surface area contributed by atoms with Crippen LogP contribution in [0.1, 0.15) is 52.9 Å². The Morgan fingerprint density at radius 3 is 3.00 bits per heavy atom. The molecule has 1 amide bonds. The molecule has 0 spiro atoms. The molecule has 144 valence electrons. The summed E-state index contributed by atoms with van der Waals surface area (Å²) in [5.41, 5.74) is 1.62. The van der Waals surface area contributed by atoms with Crippen molar-refractivity contribution in [2.24, 2.45) is 0 Å². The number of rotatable bonds is 5. The second kappa shape index (κ2) is 8.21. The van der Waals surface area contributed by atoms with E-state index in [0.29, 0.717) is 24.4 Å². The molecule has 1 saturated heterocycles. The van der Waals surface area contributed by atoms with E-state index in [-0.39, 0.29) is 11.9 Å². The van der Waals surface area contributed by atoms with Crippen LogP contribution in [0.5, 0.6) is 5.75 Å². The number of aromatic nitrogens is 3. The van der Waals surface area contributed by atoms with Gasteiger partial charge >= 0.3 is 0 Å². The average Bonchev–Trinajstić information content (AvgIpc) is 3.22. The number of methoxy groups -OCH3 is 1. The van der Waals surface area contributed by atoms with Crippen LogP contribution in [0, 0.1) is 0 Å². The van der Waals surface area contributed by atoms with E-state index in [9.17, 15) is 4.79 Å². The van der Waals surface area contributed by atoms with Gasteiger partial charge in [0.05, 0.1) is 31.3 Å². The minimum Gasteiger partial charge on any atom is -0.497 e. The number of piperidine rings is 1. The zero-order valence-corrected chi connectivity index (χ0v) is 15.7. The molecular formula is C21H22N4O3. The maximum Gasteiger partial charge on any atom is 0.256 e. The number of likely N-dealkylation sites (tertiary alicyclic amines) is 1. The molecule has 2 aromatic heterocycles. The van der Waals surface area contributed by atoms with Crippen LogP contribution in [-0.4, -0.2) is 39.6 Å². The third-order valence-electron chi connectivity index (χ3n) is 4.96. The summed E-state index contributed by atoms with van der Waals surface area (Å²) in [7, 11) is 1.65. The quantitative estimate of drug-likeness (QED) is 0.677. The number of amides is 1. The van der Waals surface area contributed by atoms with Crippen LogP contribution in [0.25, 0.3) is 0 Å². The fourth-order valence-electron chi connectivity index (χ4n) is 3.56. The second-order valence-corrected chi connectivity index (χ2v) is 6.83. The lowest BCUT2D eigenvalue weighted by Crippen LogP contribution is -2.38. The summed E-state index contributed by atoms with van der Waals surface area (Å²) in [5.74, 6) is 2.11. The lowest BCUT2D eigenvalue weighted by molar-refractivity contribution is 0.0569. The van der Waals surface area contributed by atoms with Gasteiger partial charge in [0.15, 0.2) is 0 Å². The van der Waals surface area contributed by atoms with Crippen molar-refractivity contribution in [3.8, 4) is 5.75 Å². The van der Waals surface area contributed by atoms with Crippen LogP contribution < -0.4 is 4.74 Å². The van der Waals surface area contributed by atoms with Gasteiger partial charge in [-0.05, 0) is 43.0 Å². The van der Waals surface area contributed by atoms with Gasteiger partial charge < -0.3 is 14.1 Å². The molecule has 1 atom stereocenters. The van der Waals surface area contributed by atoms with E-state index in [2.05, 4.69) is 15.2 Å². The molecule has 1 aliphatic rings. The third-order valence-corrected chi connectivity index (χ3v) is 4.96. The first-order valence-electron chi connectivity index (χ1n) is 9.40. The lowest BCUT2D eigenvalue weighted by Gasteiger charge is -2.33. The number of hydrogen-bond donors (Lipinski definition) is 0. The van der Waals surface area contributed by atoms with Gasteiger partial charge in [-0.25, -0.2) is 4.98 Å². The Hall–Kier alpha value is -3.22. The summed E-state index contributed by atoms with van der Waals surface area (Å²) in [6, 6.07) is 9.40. The molecule has 4 rings (SSSR count). The van der Waals surface area contributed by atoms with E-state index in [4.69, 9.17) is 9.15 Å². The van der Waals surface area contributed by atoms with Gasteiger partial charge in [-0.15, -0.1) is 0 Å². The molecule has 3 heterocycles. The smallest absolute Gasteiger partial charge is 0.256 e. The van der Waals surface area contributed by atoms with E-state index in [0.717, 1.165) is 36.3 Å². The van der Waals surface area contributed by atoms with Crippen LogP contribution in [-0.2, 0) is 6.42 Å². The molecule has 1 fully saturated rings. The molecule has 28 heavy (non-hydrogen) atoms. The summed E-state index contributed by atoms with van der Waals surface area (Å²) in [5, 5.41) is 7.56. The lowest BCUT2D eigenvalue weighted by atomic mass is 10.0. The minimum atomic E-state index is -0.159. The number of ether oxygens (including phenoxy) is 1. The molecule has 7 heteroatoms. The summed E-state index contributed by atoms with van der Waals surface area (Å²) in [6.07, 6.45) is 8.25. The number of benzene rings is 1. The standard InChI is InChI=1S/C21H22N4O3/c1-27-17-6-4-5-15(11-17)12-18-14-22-20(28-18)19-7-2-3-10-25(19)21(26)16-8-9-23-24-13-16/h4-6,8-9,11,13-14,19H,2-3,7,10,12H2,1H3/t19-/m0/s1. The summed E-state index contributed by atoms with van der Waals surface area (Å²) in [4.78, 5) is 19.2. The van der Waals surface area contributed by atoms with Gasteiger partial charge in [-0.3, -0.25) is 4.79 Å². The van der Waals surface area contributed by atoms with Gasteiger partial charge in [0, 0.05) is 13.0 Å². The van der Waals surface area contributed by atoms with E-state index in [1.165, 1.54) is 12.4 Å². The van der Waals surface area contributed by atoms with Crippen LogP contribution in [0.4, 0.5) is 0 Å². The number of nitrogens with zero attached hydrogens (tertiary/aromatic N) is 4. The average molecular weight is 378 g/mol. The molecule has 1 aliphatic heterocycles. The van der Waals surface area contributed by atoms with E-state index >= 15 is 0 Å². The summed E-state index contributed by atoms with van der Waals surface area (Å²) in [6.45, 7) is 0.680. The Morgan fingerprint density at radius 2 is 2.18 bits per heavy atom. The van der Waals surface area contributed by atoms with Gasteiger partial charge in [0.25, 0.3) is 5.91 Å². The summed E-state index contributed by atoms with van der Waals surface area (Å²) < 4.78 is 11.3. The van der Waals surface area contributed by atoms with Crippen molar-refractivity contribution in [1.82, 2.24) is 20.1 Å². The van der Waals surface area contributed by atoms with Gasteiger partial charge in [-0.2, -0.15) is 10.2 Å². The molecular weight excluding hydrogens is 356 g/mol.